The van der Waals surface area contributed by atoms with E-state index in [1.54, 1.807) is 6.07 Å². The van der Waals surface area contributed by atoms with Crippen LogP contribution in [0.4, 0.5) is 22.0 Å². The van der Waals surface area contributed by atoms with Crippen LogP contribution in [0, 0.1) is 17.1 Å². The summed E-state index contributed by atoms with van der Waals surface area (Å²) in [5, 5.41) is 8.81. The number of fused-ring (bicyclic) bond motifs is 1. The summed E-state index contributed by atoms with van der Waals surface area (Å²) in [6, 6.07) is 4.71. The van der Waals surface area contributed by atoms with E-state index in [1.807, 2.05) is 0 Å². The third kappa shape index (κ3) is 2.29. The van der Waals surface area contributed by atoms with Crippen molar-refractivity contribution in [3.8, 4) is 11.8 Å². The molecule has 3 nitrogen and oxygen atoms in total. The first-order valence-electron chi connectivity index (χ1n) is 6.43. The molecule has 23 heavy (non-hydrogen) atoms. The van der Waals surface area contributed by atoms with Crippen molar-refractivity contribution in [2.75, 3.05) is 0 Å². The number of carbonyl (C=O) groups excluding carboxylic acids is 1. The van der Waals surface area contributed by atoms with E-state index in [1.165, 1.54) is 0 Å². The maximum atomic E-state index is 13.6. The molecule has 1 atom stereocenters. The van der Waals surface area contributed by atoms with Crippen LogP contribution < -0.4 is 0 Å². The Morgan fingerprint density at radius 3 is 2.61 bits per heavy atom. The lowest BCUT2D eigenvalue weighted by Crippen LogP contribution is -2.14. The molecule has 0 saturated heterocycles. The Kier molecular flexibility index (Phi) is 3.25. The molecule has 1 unspecified atom stereocenters. The number of hydrogen-bond donors (Lipinski definition) is 0. The minimum absolute atomic E-state index is 0.0524. The third-order valence-corrected chi connectivity index (χ3v) is 3.66. The molecule has 1 aliphatic carbocycles. The fraction of sp³-hybridized carbons (Fsp3) is 0.200. The van der Waals surface area contributed by atoms with Crippen LogP contribution >= 0.6 is 0 Å². The van der Waals surface area contributed by atoms with Gasteiger partial charge in [-0.25, -0.2) is 8.78 Å². The van der Waals surface area contributed by atoms with Crippen LogP contribution in [-0.4, -0.2) is 16.5 Å². The Bertz CT molecular complexity index is 860. The molecule has 0 saturated carbocycles. The van der Waals surface area contributed by atoms with Crippen molar-refractivity contribution in [1.29, 1.82) is 5.26 Å². The first-order valence-corrected chi connectivity index (χ1v) is 6.43. The smallest absolute Gasteiger partial charge is 0.319 e. The number of nitriles is 1. The van der Waals surface area contributed by atoms with E-state index in [0.29, 0.717) is 6.20 Å². The van der Waals surface area contributed by atoms with E-state index in [9.17, 15) is 26.7 Å². The highest BCUT2D eigenvalue weighted by molar-refractivity contribution is 6.05. The molecule has 0 fully saturated rings. The molecule has 1 aromatic heterocycles. The van der Waals surface area contributed by atoms with Gasteiger partial charge in [-0.1, -0.05) is 0 Å². The van der Waals surface area contributed by atoms with Crippen molar-refractivity contribution in [3.05, 3.63) is 52.6 Å². The van der Waals surface area contributed by atoms with Crippen molar-refractivity contribution >= 4 is 5.78 Å². The molecule has 1 aliphatic rings. The molecule has 0 radical (unpaired) electrons. The van der Waals surface area contributed by atoms with Gasteiger partial charge in [-0.05, 0) is 18.2 Å². The van der Waals surface area contributed by atoms with Gasteiger partial charge in [0.25, 0.3) is 0 Å². The fourth-order valence-electron chi connectivity index (χ4n) is 2.64. The average Bonchev–Trinajstić information content (AvgIpc) is 2.98. The number of rotatable bonds is 1. The minimum atomic E-state index is -4.83. The predicted molar refractivity (Wildman–Crippen MR) is 68.4 cm³/mol. The maximum Gasteiger partial charge on any atom is 0.418 e. The molecule has 3 rings (SSSR count). The summed E-state index contributed by atoms with van der Waals surface area (Å²) in [5.74, 6) is -2.04. The van der Waals surface area contributed by atoms with Crippen molar-refractivity contribution in [2.45, 2.75) is 18.8 Å². The maximum absolute atomic E-state index is 13.6. The molecule has 2 aromatic rings. The number of hydrogen-bond acceptors (Lipinski definition) is 2. The second-order valence-corrected chi connectivity index (χ2v) is 5.04. The molecule has 8 heteroatoms. The largest absolute Gasteiger partial charge is 0.418 e. The Morgan fingerprint density at radius 2 is 2.00 bits per heavy atom. The lowest BCUT2D eigenvalue weighted by atomic mass is 10.1. The van der Waals surface area contributed by atoms with Gasteiger partial charge in [0.2, 0.25) is 0 Å². The topological polar surface area (TPSA) is 45.8 Å². The number of carbonyl (C=O) groups is 1. The van der Waals surface area contributed by atoms with Gasteiger partial charge >= 0.3 is 6.18 Å². The number of nitrogens with zero attached hydrogens (tertiary/aromatic N) is 2. The fourth-order valence-corrected chi connectivity index (χ4v) is 2.64. The minimum Gasteiger partial charge on any atom is -0.319 e. The van der Waals surface area contributed by atoms with E-state index >= 15 is 0 Å². The number of halogens is 5. The second-order valence-electron chi connectivity index (χ2n) is 5.04. The second kappa shape index (κ2) is 4.91. The van der Waals surface area contributed by atoms with E-state index in [-0.39, 0.29) is 16.9 Å². The van der Waals surface area contributed by atoms with Gasteiger partial charge in [0.15, 0.2) is 12.0 Å². The van der Waals surface area contributed by atoms with Crippen molar-refractivity contribution in [2.24, 2.45) is 0 Å². The van der Waals surface area contributed by atoms with Gasteiger partial charge in [-0.2, -0.15) is 18.4 Å². The van der Waals surface area contributed by atoms with Crippen LogP contribution in [0.25, 0.3) is 5.69 Å². The lowest BCUT2D eigenvalue weighted by Gasteiger charge is -2.09. The van der Waals surface area contributed by atoms with Gasteiger partial charge in [0.1, 0.15) is 11.9 Å². The summed E-state index contributed by atoms with van der Waals surface area (Å²) >= 11 is 0. The zero-order valence-corrected chi connectivity index (χ0v) is 11.3. The number of alkyl halides is 4. The highest BCUT2D eigenvalue weighted by Crippen LogP contribution is 2.40. The summed E-state index contributed by atoms with van der Waals surface area (Å²) < 4.78 is 67.2. The molecule has 1 aromatic carbocycles. The highest BCUT2D eigenvalue weighted by Gasteiger charge is 2.45. The SMILES string of the molecule is N#Cc1cc(-n2cc(C(F)(F)F)c3c2CC(F)C3=O)ccc1F. The standard InChI is InChI=1S/C15H7F5N2O/c16-10-2-1-8(3-7(10)5-21)22-6-9(15(18,19)20)13-12(22)4-11(17)14(13)23/h1-3,6,11H,4H2. The summed E-state index contributed by atoms with van der Waals surface area (Å²) in [5.41, 5.74) is -2.38. The summed E-state index contributed by atoms with van der Waals surface area (Å²) in [7, 11) is 0. The molecule has 0 bridgehead atoms. The van der Waals surface area contributed by atoms with Crippen LogP contribution in [0.3, 0.4) is 0 Å². The summed E-state index contributed by atoms with van der Waals surface area (Å²) in [6.07, 6.45) is -6.69. The Morgan fingerprint density at radius 1 is 1.30 bits per heavy atom. The van der Waals surface area contributed by atoms with Gasteiger partial charge in [0, 0.05) is 24.0 Å². The van der Waals surface area contributed by atoms with E-state index in [2.05, 4.69) is 0 Å². The van der Waals surface area contributed by atoms with Crippen molar-refractivity contribution in [1.82, 2.24) is 4.57 Å². The van der Waals surface area contributed by atoms with Crippen molar-refractivity contribution < 1.29 is 26.7 Å². The van der Waals surface area contributed by atoms with E-state index in [4.69, 9.17) is 5.26 Å². The molecule has 118 valence electrons. The molecule has 0 amide bonds. The van der Waals surface area contributed by atoms with Crippen LogP contribution in [0.1, 0.15) is 27.2 Å². The quantitative estimate of drug-likeness (QED) is 0.752. The van der Waals surface area contributed by atoms with Crippen LogP contribution in [0.15, 0.2) is 24.4 Å². The molecule has 0 N–H and O–H groups in total. The number of Topliss-reactive ketones (excluding diaryl/α,β-unsaturated/α-hetero) is 1. The summed E-state index contributed by atoms with van der Waals surface area (Å²) in [4.78, 5) is 11.7. The van der Waals surface area contributed by atoms with Crippen molar-refractivity contribution in [3.63, 3.8) is 0 Å². The Labute approximate surface area is 126 Å². The molecule has 0 spiro atoms. The first kappa shape index (κ1) is 15.2. The van der Waals surface area contributed by atoms with Gasteiger partial charge in [-0.3, -0.25) is 4.79 Å². The average molecular weight is 326 g/mol. The molecular weight excluding hydrogens is 319 g/mol. The zero-order chi connectivity index (χ0) is 16.9. The number of benzene rings is 1. The zero-order valence-electron chi connectivity index (χ0n) is 11.3. The number of ketones is 1. The van der Waals surface area contributed by atoms with Crippen LogP contribution in [0.2, 0.25) is 0 Å². The Hall–Kier alpha value is -2.69. The predicted octanol–water partition coefficient (Wildman–Crippen LogP) is 3.58. The molecule has 1 heterocycles. The van der Waals surface area contributed by atoms with Crippen LogP contribution in [0.5, 0.6) is 0 Å². The van der Waals surface area contributed by atoms with Gasteiger partial charge in [0.05, 0.1) is 16.7 Å². The van der Waals surface area contributed by atoms with Gasteiger partial charge < -0.3 is 4.57 Å². The Balaban J connectivity index is 2.25. The van der Waals surface area contributed by atoms with Gasteiger partial charge in [-0.15, -0.1) is 0 Å². The third-order valence-electron chi connectivity index (χ3n) is 3.66. The molecular formula is C15H7F5N2O. The molecule has 0 aliphatic heterocycles. The van der Waals surface area contributed by atoms with E-state index in [0.717, 1.165) is 22.8 Å². The number of aromatic nitrogens is 1. The lowest BCUT2D eigenvalue weighted by molar-refractivity contribution is -0.137. The highest BCUT2D eigenvalue weighted by atomic mass is 19.4. The van der Waals surface area contributed by atoms with Crippen LogP contribution in [-0.2, 0) is 12.6 Å². The normalized spacial score (nSPS) is 17.2. The monoisotopic (exact) mass is 326 g/mol. The van der Waals surface area contributed by atoms with E-state index < -0.39 is 41.5 Å². The first-order chi connectivity index (χ1) is 10.7. The summed E-state index contributed by atoms with van der Waals surface area (Å²) in [6.45, 7) is 0.